The molecule has 1 atom stereocenters. The first kappa shape index (κ1) is 15.8. The number of hydrogen-bond donors (Lipinski definition) is 2. The highest BCUT2D eigenvalue weighted by Crippen LogP contribution is 2.28. The minimum Gasteiger partial charge on any atom is -0.271 e. The van der Waals surface area contributed by atoms with E-state index in [2.05, 4.69) is 5.43 Å². The van der Waals surface area contributed by atoms with E-state index in [9.17, 15) is 13.2 Å². The predicted octanol–water partition coefficient (Wildman–Crippen LogP) is 3.81. The second-order valence-electron chi connectivity index (χ2n) is 4.75. The summed E-state index contributed by atoms with van der Waals surface area (Å²) in [7, 11) is 0. The van der Waals surface area contributed by atoms with Crippen LogP contribution in [-0.4, -0.2) is 0 Å². The molecule has 0 aliphatic heterocycles. The number of halogens is 4. The van der Waals surface area contributed by atoms with Crippen LogP contribution in [0.5, 0.6) is 0 Å². The highest BCUT2D eigenvalue weighted by molar-refractivity contribution is 6.31. The summed E-state index contributed by atoms with van der Waals surface area (Å²) in [5.41, 5.74) is 2.90. The van der Waals surface area contributed by atoms with Crippen molar-refractivity contribution in [3.05, 3.63) is 69.5 Å². The second-order valence-corrected chi connectivity index (χ2v) is 5.16. The van der Waals surface area contributed by atoms with E-state index in [1.54, 1.807) is 0 Å². The Hall–Kier alpha value is -1.56. The summed E-state index contributed by atoms with van der Waals surface area (Å²) in [5.74, 6) is 3.54. The Morgan fingerprint density at radius 2 is 1.90 bits per heavy atom. The molecule has 2 rings (SSSR count). The van der Waals surface area contributed by atoms with Crippen LogP contribution in [0.1, 0.15) is 22.7 Å². The third kappa shape index (κ3) is 3.37. The van der Waals surface area contributed by atoms with Crippen molar-refractivity contribution in [2.45, 2.75) is 19.4 Å². The van der Waals surface area contributed by atoms with Gasteiger partial charge in [0.1, 0.15) is 17.5 Å². The summed E-state index contributed by atoms with van der Waals surface area (Å²) in [4.78, 5) is 0. The zero-order chi connectivity index (χ0) is 15.6. The van der Waals surface area contributed by atoms with Crippen molar-refractivity contribution in [1.29, 1.82) is 0 Å². The molecule has 3 N–H and O–H groups in total. The molecule has 0 aliphatic rings. The third-order valence-corrected chi connectivity index (χ3v) is 3.67. The van der Waals surface area contributed by atoms with Gasteiger partial charge < -0.3 is 0 Å². The Morgan fingerprint density at radius 1 is 1.19 bits per heavy atom. The topological polar surface area (TPSA) is 38.0 Å². The van der Waals surface area contributed by atoms with Crippen LogP contribution in [0.4, 0.5) is 13.2 Å². The lowest BCUT2D eigenvalue weighted by Gasteiger charge is -2.19. The molecule has 2 aromatic rings. The van der Waals surface area contributed by atoms with Crippen LogP contribution in [0.3, 0.4) is 0 Å². The Labute approximate surface area is 125 Å². The highest BCUT2D eigenvalue weighted by atomic mass is 35.5. The monoisotopic (exact) mass is 314 g/mol. The molecule has 0 aromatic heterocycles. The van der Waals surface area contributed by atoms with Gasteiger partial charge in [0.05, 0.1) is 6.04 Å². The Bertz CT molecular complexity index is 662. The number of benzene rings is 2. The summed E-state index contributed by atoms with van der Waals surface area (Å²) < 4.78 is 41.3. The quantitative estimate of drug-likeness (QED) is 0.665. The van der Waals surface area contributed by atoms with Gasteiger partial charge in [-0.3, -0.25) is 11.3 Å². The lowest BCUT2D eigenvalue weighted by Crippen LogP contribution is -2.31. The first-order valence-electron chi connectivity index (χ1n) is 6.28. The van der Waals surface area contributed by atoms with Crippen LogP contribution >= 0.6 is 11.6 Å². The molecule has 2 aromatic carbocycles. The predicted molar refractivity (Wildman–Crippen MR) is 76.3 cm³/mol. The van der Waals surface area contributed by atoms with E-state index in [-0.39, 0.29) is 12.0 Å². The van der Waals surface area contributed by atoms with Crippen LogP contribution in [0.2, 0.25) is 5.02 Å². The normalized spacial score (nSPS) is 12.5. The van der Waals surface area contributed by atoms with Gasteiger partial charge in [-0.25, -0.2) is 13.2 Å². The first-order chi connectivity index (χ1) is 9.93. The molecule has 21 heavy (non-hydrogen) atoms. The van der Waals surface area contributed by atoms with Crippen molar-refractivity contribution in [2.24, 2.45) is 5.84 Å². The van der Waals surface area contributed by atoms with Gasteiger partial charge in [-0.05, 0) is 48.7 Å². The second kappa shape index (κ2) is 6.47. The summed E-state index contributed by atoms with van der Waals surface area (Å²) in [5, 5.41) is 0.310. The van der Waals surface area contributed by atoms with E-state index in [0.29, 0.717) is 16.1 Å². The van der Waals surface area contributed by atoms with E-state index in [4.69, 9.17) is 17.4 Å². The standard InChI is InChI=1S/C15H14ClF3N2/c1-8-2-5-12(18)14(15(8)19)13(21-20)7-9-6-10(17)3-4-11(9)16/h2-6,13,21H,7,20H2,1H3. The lowest BCUT2D eigenvalue weighted by atomic mass is 9.96. The van der Waals surface area contributed by atoms with Gasteiger partial charge in [-0.1, -0.05) is 17.7 Å². The molecule has 0 bridgehead atoms. The third-order valence-electron chi connectivity index (χ3n) is 3.30. The van der Waals surface area contributed by atoms with E-state index < -0.39 is 23.5 Å². The van der Waals surface area contributed by atoms with E-state index in [1.165, 1.54) is 37.3 Å². The Kier molecular flexibility index (Phi) is 4.88. The molecule has 0 aliphatic carbocycles. The minimum atomic E-state index is -0.857. The molecule has 0 saturated carbocycles. The minimum absolute atomic E-state index is 0.0599. The number of hydrogen-bond acceptors (Lipinski definition) is 2. The molecule has 112 valence electrons. The molecule has 0 amide bonds. The van der Waals surface area contributed by atoms with Crippen molar-refractivity contribution in [3.8, 4) is 0 Å². The van der Waals surface area contributed by atoms with Crippen molar-refractivity contribution in [1.82, 2.24) is 5.43 Å². The molecular formula is C15H14ClF3N2. The molecule has 1 unspecified atom stereocenters. The highest BCUT2D eigenvalue weighted by Gasteiger charge is 2.22. The fraction of sp³-hybridized carbons (Fsp3) is 0.200. The fourth-order valence-electron chi connectivity index (χ4n) is 2.16. The largest absolute Gasteiger partial charge is 0.271 e. The zero-order valence-electron chi connectivity index (χ0n) is 11.3. The van der Waals surface area contributed by atoms with Gasteiger partial charge in [0, 0.05) is 10.6 Å². The van der Waals surface area contributed by atoms with Crippen molar-refractivity contribution in [3.63, 3.8) is 0 Å². The molecule has 2 nitrogen and oxygen atoms in total. The van der Waals surface area contributed by atoms with E-state index >= 15 is 0 Å². The van der Waals surface area contributed by atoms with Gasteiger partial charge in [-0.2, -0.15) is 0 Å². The smallest absolute Gasteiger partial charge is 0.133 e. The number of hydrazine groups is 1. The maximum absolute atomic E-state index is 14.1. The molecular weight excluding hydrogens is 301 g/mol. The van der Waals surface area contributed by atoms with Gasteiger partial charge in [0.25, 0.3) is 0 Å². The number of rotatable bonds is 4. The number of nitrogens with two attached hydrogens (primary N) is 1. The maximum atomic E-state index is 14.1. The summed E-state index contributed by atoms with van der Waals surface area (Å²) in [6.07, 6.45) is 0.0599. The molecule has 0 fully saturated rings. The van der Waals surface area contributed by atoms with Crippen LogP contribution in [0, 0.1) is 24.4 Å². The summed E-state index contributed by atoms with van der Waals surface area (Å²) >= 11 is 5.97. The van der Waals surface area contributed by atoms with Crippen molar-refractivity contribution < 1.29 is 13.2 Å². The van der Waals surface area contributed by atoms with Gasteiger partial charge in [0.15, 0.2) is 0 Å². The van der Waals surface area contributed by atoms with E-state index in [0.717, 1.165) is 0 Å². The van der Waals surface area contributed by atoms with Crippen LogP contribution in [0.15, 0.2) is 30.3 Å². The van der Waals surface area contributed by atoms with Crippen LogP contribution in [-0.2, 0) is 6.42 Å². The van der Waals surface area contributed by atoms with Gasteiger partial charge in [0.2, 0.25) is 0 Å². The van der Waals surface area contributed by atoms with Gasteiger partial charge >= 0.3 is 0 Å². The molecule has 0 saturated heterocycles. The number of aryl methyl sites for hydroxylation is 1. The van der Waals surface area contributed by atoms with Crippen LogP contribution < -0.4 is 11.3 Å². The Morgan fingerprint density at radius 3 is 2.57 bits per heavy atom. The SMILES string of the molecule is Cc1ccc(F)c(C(Cc2cc(F)ccc2Cl)NN)c1F. The zero-order valence-corrected chi connectivity index (χ0v) is 12.0. The molecule has 0 radical (unpaired) electrons. The van der Waals surface area contributed by atoms with Crippen molar-refractivity contribution in [2.75, 3.05) is 0 Å². The molecule has 6 heteroatoms. The summed E-state index contributed by atoms with van der Waals surface area (Å²) in [6.45, 7) is 1.53. The van der Waals surface area contributed by atoms with Crippen LogP contribution in [0.25, 0.3) is 0 Å². The number of nitrogens with one attached hydrogen (secondary N) is 1. The average molecular weight is 315 g/mol. The van der Waals surface area contributed by atoms with Gasteiger partial charge in [-0.15, -0.1) is 0 Å². The fourth-order valence-corrected chi connectivity index (χ4v) is 2.36. The average Bonchev–Trinajstić information content (AvgIpc) is 2.45. The van der Waals surface area contributed by atoms with Crippen molar-refractivity contribution >= 4 is 11.6 Å². The molecule has 0 heterocycles. The lowest BCUT2D eigenvalue weighted by molar-refractivity contribution is 0.469. The Balaban J connectivity index is 2.41. The van der Waals surface area contributed by atoms with E-state index in [1.807, 2.05) is 0 Å². The first-order valence-corrected chi connectivity index (χ1v) is 6.66. The maximum Gasteiger partial charge on any atom is 0.133 e. The summed E-state index contributed by atoms with van der Waals surface area (Å²) in [6, 6.07) is 5.48. The molecule has 0 spiro atoms.